The average Bonchev–Trinajstić information content (AvgIpc) is 2.82. The molecular weight excluding hydrogens is 284 g/mol. The quantitative estimate of drug-likeness (QED) is 0.898. The lowest BCUT2D eigenvalue weighted by Crippen LogP contribution is -2.45. The maximum Gasteiger partial charge on any atom is 0.417 e. The highest BCUT2D eigenvalue weighted by Gasteiger charge is 2.22. The van der Waals surface area contributed by atoms with Gasteiger partial charge in [-0.15, -0.1) is 0 Å². The summed E-state index contributed by atoms with van der Waals surface area (Å²) < 4.78 is 10.7. The molecule has 0 bridgehead atoms. The van der Waals surface area contributed by atoms with Gasteiger partial charge in [-0.05, 0) is 38.0 Å². The number of aromatic nitrogens is 1. The van der Waals surface area contributed by atoms with Crippen LogP contribution in [-0.2, 0) is 4.74 Å². The van der Waals surface area contributed by atoms with Crippen LogP contribution in [0.25, 0.3) is 11.1 Å². The van der Waals surface area contributed by atoms with Gasteiger partial charge in [0.05, 0.1) is 23.8 Å². The summed E-state index contributed by atoms with van der Waals surface area (Å²) >= 11 is 0. The number of nitrogens with one attached hydrogen (secondary N) is 1. The number of nitrogens with zero attached hydrogens (tertiary/aromatic N) is 1. The van der Waals surface area contributed by atoms with Gasteiger partial charge in [-0.1, -0.05) is 6.07 Å². The van der Waals surface area contributed by atoms with Crippen LogP contribution in [0.3, 0.4) is 0 Å². The molecule has 0 saturated carbocycles. The summed E-state index contributed by atoms with van der Waals surface area (Å²) in [6.07, 6.45) is 0.524. The third kappa shape index (κ3) is 3.40. The molecule has 1 aromatic heterocycles. The number of hydrogen-bond donors (Lipinski definition) is 2. The van der Waals surface area contributed by atoms with Crippen LogP contribution in [0, 0.1) is 0 Å². The summed E-state index contributed by atoms with van der Waals surface area (Å²) in [7, 11) is 0. The molecule has 2 heterocycles. The number of fused-ring (bicyclic) bond motifs is 1. The first-order chi connectivity index (χ1) is 10.5. The Morgan fingerprint density at radius 2 is 2.09 bits per heavy atom. The minimum Gasteiger partial charge on any atom is -0.408 e. The van der Waals surface area contributed by atoms with Gasteiger partial charge in [0.15, 0.2) is 5.58 Å². The zero-order valence-electron chi connectivity index (χ0n) is 12.9. The molecule has 6 heteroatoms. The summed E-state index contributed by atoms with van der Waals surface area (Å²) in [5.74, 6) is -0.474. The molecule has 0 aliphatic carbocycles. The highest BCUT2D eigenvalue weighted by Crippen LogP contribution is 2.22. The Balaban J connectivity index is 1.62. The largest absolute Gasteiger partial charge is 0.417 e. The molecule has 1 aliphatic heterocycles. The first kappa shape index (κ1) is 15.3. The number of H-pyrrole nitrogens is 1. The Bertz CT molecular complexity index is 683. The first-order valence-electron chi connectivity index (χ1n) is 7.70. The van der Waals surface area contributed by atoms with Crippen LogP contribution in [0.1, 0.15) is 31.9 Å². The van der Waals surface area contributed by atoms with E-state index in [2.05, 4.69) is 23.7 Å². The number of hydrogen-bond acceptors (Lipinski definition) is 5. The van der Waals surface area contributed by atoms with Gasteiger partial charge in [-0.3, -0.25) is 9.88 Å². The molecule has 2 N–H and O–H groups in total. The van der Waals surface area contributed by atoms with Crippen LogP contribution in [0.4, 0.5) is 0 Å². The van der Waals surface area contributed by atoms with E-state index in [9.17, 15) is 9.90 Å². The van der Waals surface area contributed by atoms with Crippen molar-refractivity contribution in [3.8, 4) is 0 Å². The monoisotopic (exact) mass is 306 g/mol. The molecule has 120 valence electrons. The van der Waals surface area contributed by atoms with Crippen molar-refractivity contribution in [3.63, 3.8) is 0 Å². The normalized spacial score (nSPS) is 24.7. The first-order valence-corrected chi connectivity index (χ1v) is 7.70. The van der Waals surface area contributed by atoms with E-state index in [4.69, 9.17) is 9.15 Å². The maximum absolute atomic E-state index is 11.2. The fourth-order valence-corrected chi connectivity index (χ4v) is 3.11. The molecule has 3 unspecified atom stereocenters. The molecular formula is C16H22N2O4. The minimum absolute atomic E-state index is 0.228. The highest BCUT2D eigenvalue weighted by atomic mass is 16.5. The molecule has 0 spiro atoms. The number of morpholine rings is 1. The van der Waals surface area contributed by atoms with Gasteiger partial charge in [0, 0.05) is 19.6 Å². The molecule has 2 aromatic rings. The Kier molecular flexibility index (Phi) is 4.33. The molecule has 6 nitrogen and oxygen atoms in total. The van der Waals surface area contributed by atoms with Crippen LogP contribution in [0.15, 0.2) is 27.4 Å². The van der Waals surface area contributed by atoms with Crippen molar-refractivity contribution in [1.82, 2.24) is 9.88 Å². The smallest absolute Gasteiger partial charge is 0.408 e. The van der Waals surface area contributed by atoms with Crippen LogP contribution in [0.2, 0.25) is 0 Å². The molecule has 1 fully saturated rings. The van der Waals surface area contributed by atoms with Crippen molar-refractivity contribution >= 4 is 11.1 Å². The van der Waals surface area contributed by atoms with Crippen LogP contribution in [-0.4, -0.2) is 46.8 Å². The van der Waals surface area contributed by atoms with Crippen LogP contribution >= 0.6 is 0 Å². The fourth-order valence-electron chi connectivity index (χ4n) is 3.11. The van der Waals surface area contributed by atoms with Crippen molar-refractivity contribution < 1.29 is 14.3 Å². The number of aliphatic hydroxyl groups excluding tert-OH is 1. The van der Waals surface area contributed by atoms with E-state index in [-0.39, 0.29) is 12.2 Å². The SMILES string of the molecule is CC1CN(CCC(O)c2ccc3[nH]c(=O)oc3c2)CC(C)O1. The number of benzene rings is 1. The third-order valence-corrected chi connectivity index (χ3v) is 4.04. The summed E-state index contributed by atoms with van der Waals surface area (Å²) in [6, 6.07) is 5.31. The van der Waals surface area contributed by atoms with E-state index in [1.807, 2.05) is 6.07 Å². The zero-order valence-corrected chi connectivity index (χ0v) is 12.9. The maximum atomic E-state index is 11.2. The second-order valence-electron chi connectivity index (χ2n) is 6.09. The predicted octanol–water partition coefficient (Wildman–Crippen LogP) is 1.65. The van der Waals surface area contributed by atoms with Crippen LogP contribution in [0.5, 0.6) is 0 Å². The number of aromatic amines is 1. The number of oxazole rings is 1. The van der Waals surface area contributed by atoms with E-state index in [1.54, 1.807) is 12.1 Å². The second-order valence-corrected chi connectivity index (χ2v) is 6.09. The van der Waals surface area contributed by atoms with Crippen molar-refractivity contribution in [2.24, 2.45) is 0 Å². The van der Waals surface area contributed by atoms with Gasteiger partial charge in [-0.25, -0.2) is 4.79 Å². The van der Waals surface area contributed by atoms with Crippen LogP contribution < -0.4 is 5.76 Å². The Morgan fingerprint density at radius 1 is 1.36 bits per heavy atom. The van der Waals surface area contributed by atoms with Gasteiger partial charge in [0.25, 0.3) is 0 Å². The highest BCUT2D eigenvalue weighted by molar-refractivity contribution is 5.72. The second kappa shape index (κ2) is 6.24. The Labute approximate surface area is 128 Å². The number of rotatable bonds is 4. The lowest BCUT2D eigenvalue weighted by molar-refractivity contribution is -0.0702. The molecule has 0 radical (unpaired) electrons. The summed E-state index contributed by atoms with van der Waals surface area (Å²) in [4.78, 5) is 16.1. The fraction of sp³-hybridized carbons (Fsp3) is 0.562. The molecule has 3 rings (SSSR count). The topological polar surface area (TPSA) is 78.7 Å². The van der Waals surface area contributed by atoms with Gasteiger partial charge in [0.2, 0.25) is 0 Å². The molecule has 22 heavy (non-hydrogen) atoms. The summed E-state index contributed by atoms with van der Waals surface area (Å²) in [5, 5.41) is 10.4. The Hall–Kier alpha value is -1.63. The summed E-state index contributed by atoms with van der Waals surface area (Å²) in [5.41, 5.74) is 1.90. The van der Waals surface area contributed by atoms with E-state index in [1.165, 1.54) is 0 Å². The van der Waals surface area contributed by atoms with E-state index >= 15 is 0 Å². The molecule has 1 aliphatic rings. The van der Waals surface area contributed by atoms with Crippen molar-refractivity contribution in [3.05, 3.63) is 34.3 Å². The van der Waals surface area contributed by atoms with Crippen molar-refractivity contribution in [1.29, 1.82) is 0 Å². The lowest BCUT2D eigenvalue weighted by Gasteiger charge is -2.35. The Morgan fingerprint density at radius 3 is 2.82 bits per heavy atom. The van der Waals surface area contributed by atoms with E-state index < -0.39 is 11.9 Å². The lowest BCUT2D eigenvalue weighted by atomic mass is 10.1. The van der Waals surface area contributed by atoms with E-state index in [0.29, 0.717) is 17.5 Å². The van der Waals surface area contributed by atoms with E-state index in [0.717, 1.165) is 25.2 Å². The number of aliphatic hydroxyl groups is 1. The average molecular weight is 306 g/mol. The predicted molar refractivity (Wildman–Crippen MR) is 82.9 cm³/mol. The summed E-state index contributed by atoms with van der Waals surface area (Å²) in [6.45, 7) is 6.74. The van der Waals surface area contributed by atoms with Crippen molar-refractivity contribution in [2.45, 2.75) is 38.6 Å². The molecule has 3 atom stereocenters. The molecule has 1 aromatic carbocycles. The molecule has 1 saturated heterocycles. The molecule has 0 amide bonds. The van der Waals surface area contributed by atoms with Gasteiger partial charge >= 0.3 is 5.76 Å². The van der Waals surface area contributed by atoms with Gasteiger partial charge in [-0.2, -0.15) is 0 Å². The number of ether oxygens (including phenoxy) is 1. The minimum atomic E-state index is -0.571. The van der Waals surface area contributed by atoms with Gasteiger partial charge < -0.3 is 14.3 Å². The standard InChI is InChI=1S/C16H22N2O4/c1-10-8-18(9-11(2)21-10)6-5-14(19)12-3-4-13-15(7-12)22-16(20)17-13/h3-4,7,10-11,14,19H,5-6,8-9H2,1-2H3,(H,17,20). The third-order valence-electron chi connectivity index (χ3n) is 4.04. The van der Waals surface area contributed by atoms with Crippen molar-refractivity contribution in [2.75, 3.05) is 19.6 Å². The van der Waals surface area contributed by atoms with Gasteiger partial charge in [0.1, 0.15) is 0 Å². The zero-order chi connectivity index (χ0) is 15.7.